The van der Waals surface area contributed by atoms with Crippen LogP contribution in [0.25, 0.3) is 11.4 Å². The summed E-state index contributed by atoms with van der Waals surface area (Å²) >= 11 is 3.38. The van der Waals surface area contributed by atoms with Gasteiger partial charge < -0.3 is 9.67 Å². The smallest absolute Gasteiger partial charge is 0.143 e. The van der Waals surface area contributed by atoms with Crippen LogP contribution >= 0.6 is 15.9 Å². The number of halogens is 2. The van der Waals surface area contributed by atoms with Crippen LogP contribution in [0.5, 0.6) is 0 Å². The second-order valence-electron chi connectivity index (χ2n) is 5.04. The number of aliphatic hydroxyl groups is 1. The largest absolute Gasteiger partial charge is 0.396 e. The summed E-state index contributed by atoms with van der Waals surface area (Å²) in [5, 5.41) is 9.17. The zero-order valence-electron chi connectivity index (χ0n) is 11.1. The molecule has 1 aliphatic heterocycles. The third-order valence-electron chi connectivity index (χ3n) is 3.72. The molecule has 1 aromatic heterocycles. The van der Waals surface area contributed by atoms with Crippen molar-refractivity contribution in [2.24, 2.45) is 0 Å². The minimum Gasteiger partial charge on any atom is -0.396 e. The number of fused-ring (bicyclic) bond motifs is 1. The Kier molecular flexibility index (Phi) is 3.89. The first-order valence-corrected chi connectivity index (χ1v) is 7.64. The van der Waals surface area contributed by atoms with Crippen LogP contribution in [-0.4, -0.2) is 21.3 Å². The third kappa shape index (κ3) is 2.40. The number of aromatic nitrogens is 2. The Bertz CT molecular complexity index is 639. The van der Waals surface area contributed by atoms with Crippen molar-refractivity contribution in [3.05, 3.63) is 39.9 Å². The van der Waals surface area contributed by atoms with Gasteiger partial charge in [-0.2, -0.15) is 0 Å². The van der Waals surface area contributed by atoms with E-state index < -0.39 is 0 Å². The minimum atomic E-state index is -0.262. The first-order valence-electron chi connectivity index (χ1n) is 6.85. The van der Waals surface area contributed by atoms with Gasteiger partial charge in [0.05, 0.1) is 11.3 Å². The van der Waals surface area contributed by atoms with E-state index in [1.54, 1.807) is 12.1 Å². The molecule has 0 unspecified atom stereocenters. The quantitative estimate of drug-likeness (QED) is 0.932. The molecule has 5 heteroatoms. The number of imidazole rings is 1. The molecule has 1 aromatic carbocycles. The van der Waals surface area contributed by atoms with Gasteiger partial charge in [0.2, 0.25) is 0 Å². The summed E-state index contributed by atoms with van der Waals surface area (Å²) in [7, 11) is 0. The Balaban J connectivity index is 2.15. The Hall–Kier alpha value is -1.20. The first kappa shape index (κ1) is 13.8. The average molecular weight is 339 g/mol. The van der Waals surface area contributed by atoms with Crippen molar-refractivity contribution < 1.29 is 9.50 Å². The van der Waals surface area contributed by atoms with Gasteiger partial charge >= 0.3 is 0 Å². The summed E-state index contributed by atoms with van der Waals surface area (Å²) in [5.41, 5.74) is 2.58. The number of benzene rings is 1. The fourth-order valence-electron chi connectivity index (χ4n) is 2.80. The van der Waals surface area contributed by atoms with Crippen molar-refractivity contribution in [2.45, 2.75) is 32.2 Å². The average Bonchev–Trinajstić information content (AvgIpc) is 2.81. The standard InChI is InChI=1S/C15H16BrFN2O/c16-10-4-5-12(17)11(9-10)15-18-13(6-8-20)14-3-1-2-7-19(14)15/h4-5,9,20H,1-3,6-8H2. The lowest BCUT2D eigenvalue weighted by Crippen LogP contribution is -2.12. The van der Waals surface area contributed by atoms with Crippen LogP contribution in [0.2, 0.25) is 0 Å². The Morgan fingerprint density at radius 1 is 1.35 bits per heavy atom. The predicted octanol–water partition coefficient (Wildman–Crippen LogP) is 3.32. The van der Waals surface area contributed by atoms with E-state index in [0.29, 0.717) is 17.8 Å². The molecule has 0 spiro atoms. The molecular formula is C15H16BrFN2O. The number of aliphatic hydroxyl groups excluding tert-OH is 1. The molecule has 2 aromatic rings. The summed E-state index contributed by atoms with van der Waals surface area (Å²) in [4.78, 5) is 4.60. The Labute approximate surface area is 125 Å². The minimum absolute atomic E-state index is 0.0738. The van der Waals surface area contributed by atoms with E-state index in [9.17, 15) is 4.39 Å². The normalized spacial score (nSPS) is 14.3. The van der Waals surface area contributed by atoms with E-state index in [1.807, 2.05) is 0 Å². The van der Waals surface area contributed by atoms with Gasteiger partial charge in [-0.15, -0.1) is 0 Å². The van der Waals surface area contributed by atoms with Crippen molar-refractivity contribution in [2.75, 3.05) is 6.61 Å². The van der Waals surface area contributed by atoms with Gasteiger partial charge in [-0.3, -0.25) is 0 Å². The summed E-state index contributed by atoms with van der Waals surface area (Å²) in [6.45, 7) is 0.944. The fourth-order valence-corrected chi connectivity index (χ4v) is 3.16. The molecule has 106 valence electrons. The van der Waals surface area contributed by atoms with Gasteiger partial charge in [-0.05, 0) is 37.5 Å². The molecule has 1 N–H and O–H groups in total. The van der Waals surface area contributed by atoms with Crippen LogP contribution in [0, 0.1) is 5.82 Å². The zero-order chi connectivity index (χ0) is 14.1. The van der Waals surface area contributed by atoms with E-state index in [1.165, 1.54) is 6.07 Å². The van der Waals surface area contributed by atoms with Gasteiger partial charge in [0.25, 0.3) is 0 Å². The molecule has 0 saturated heterocycles. The zero-order valence-corrected chi connectivity index (χ0v) is 12.7. The number of nitrogens with zero attached hydrogens (tertiary/aromatic N) is 2. The molecule has 3 rings (SSSR count). The van der Waals surface area contributed by atoms with Crippen molar-refractivity contribution >= 4 is 15.9 Å². The highest BCUT2D eigenvalue weighted by Crippen LogP contribution is 2.31. The molecule has 2 heterocycles. The van der Waals surface area contributed by atoms with E-state index in [0.717, 1.165) is 41.7 Å². The van der Waals surface area contributed by atoms with E-state index >= 15 is 0 Å². The first-order chi connectivity index (χ1) is 9.70. The lowest BCUT2D eigenvalue weighted by Gasteiger charge is -2.17. The maximum atomic E-state index is 14.1. The van der Waals surface area contributed by atoms with Crippen LogP contribution < -0.4 is 0 Å². The van der Waals surface area contributed by atoms with Gasteiger partial charge in [0, 0.05) is 29.7 Å². The van der Waals surface area contributed by atoms with Gasteiger partial charge in [0.15, 0.2) is 0 Å². The molecule has 0 amide bonds. The highest BCUT2D eigenvalue weighted by molar-refractivity contribution is 9.10. The number of hydrogen-bond acceptors (Lipinski definition) is 2. The number of rotatable bonds is 3. The molecule has 0 aliphatic carbocycles. The summed E-state index contributed by atoms with van der Waals surface area (Å²) < 4.78 is 17.0. The monoisotopic (exact) mass is 338 g/mol. The molecule has 0 atom stereocenters. The maximum absolute atomic E-state index is 14.1. The van der Waals surface area contributed by atoms with Crippen LogP contribution in [0.15, 0.2) is 22.7 Å². The lowest BCUT2D eigenvalue weighted by molar-refractivity contribution is 0.297. The van der Waals surface area contributed by atoms with Gasteiger partial charge in [-0.25, -0.2) is 9.37 Å². The topological polar surface area (TPSA) is 38.1 Å². The SMILES string of the molecule is OCCc1nc(-c2cc(Br)ccc2F)n2c1CCCC2. The van der Waals surface area contributed by atoms with E-state index in [4.69, 9.17) is 5.11 Å². The van der Waals surface area contributed by atoms with Crippen LogP contribution in [0.3, 0.4) is 0 Å². The molecule has 0 saturated carbocycles. The molecule has 0 bridgehead atoms. The maximum Gasteiger partial charge on any atom is 0.143 e. The Morgan fingerprint density at radius 3 is 3.00 bits per heavy atom. The lowest BCUT2D eigenvalue weighted by atomic mass is 10.1. The highest BCUT2D eigenvalue weighted by atomic mass is 79.9. The molecule has 0 radical (unpaired) electrons. The van der Waals surface area contributed by atoms with Gasteiger partial charge in [-0.1, -0.05) is 15.9 Å². The number of hydrogen-bond donors (Lipinski definition) is 1. The van der Waals surface area contributed by atoms with Crippen molar-refractivity contribution in [1.82, 2.24) is 9.55 Å². The molecule has 3 nitrogen and oxygen atoms in total. The highest BCUT2D eigenvalue weighted by Gasteiger charge is 2.22. The molecule has 0 fully saturated rings. The second kappa shape index (κ2) is 5.66. The molecule has 1 aliphatic rings. The van der Waals surface area contributed by atoms with Crippen LogP contribution in [0.4, 0.5) is 4.39 Å². The Morgan fingerprint density at radius 2 is 2.20 bits per heavy atom. The second-order valence-corrected chi connectivity index (χ2v) is 5.95. The molecular weight excluding hydrogens is 323 g/mol. The van der Waals surface area contributed by atoms with Crippen LogP contribution in [-0.2, 0) is 19.4 Å². The van der Waals surface area contributed by atoms with E-state index in [2.05, 4.69) is 25.5 Å². The third-order valence-corrected chi connectivity index (χ3v) is 4.21. The summed E-state index contributed by atoms with van der Waals surface area (Å²) in [6.07, 6.45) is 3.71. The molecule has 20 heavy (non-hydrogen) atoms. The van der Waals surface area contributed by atoms with Crippen molar-refractivity contribution in [3.63, 3.8) is 0 Å². The van der Waals surface area contributed by atoms with Crippen LogP contribution in [0.1, 0.15) is 24.2 Å². The van der Waals surface area contributed by atoms with E-state index in [-0.39, 0.29) is 12.4 Å². The fraction of sp³-hybridized carbons (Fsp3) is 0.400. The summed E-state index contributed by atoms with van der Waals surface area (Å²) in [5.74, 6) is 0.420. The van der Waals surface area contributed by atoms with Crippen molar-refractivity contribution in [3.8, 4) is 11.4 Å². The summed E-state index contributed by atoms with van der Waals surface area (Å²) in [6, 6.07) is 4.91. The van der Waals surface area contributed by atoms with Crippen molar-refractivity contribution in [1.29, 1.82) is 0 Å². The predicted molar refractivity (Wildman–Crippen MR) is 79.0 cm³/mol. The van der Waals surface area contributed by atoms with Gasteiger partial charge in [0.1, 0.15) is 11.6 Å².